The average molecular weight is 394 g/mol. The molecule has 6 heteroatoms. The molecule has 0 spiro atoms. The summed E-state index contributed by atoms with van der Waals surface area (Å²) in [7, 11) is 1.89. The third-order valence-corrected chi connectivity index (χ3v) is 6.30. The molecule has 2 heterocycles. The molecule has 0 unspecified atom stereocenters. The van der Waals surface area contributed by atoms with E-state index in [9.17, 15) is 0 Å². The molecule has 4 rings (SSSR count). The molecule has 0 fully saturated rings. The maximum atomic E-state index is 5.17. The van der Waals surface area contributed by atoms with Gasteiger partial charge in [-0.15, -0.1) is 0 Å². The molecule has 1 aliphatic carbocycles. The summed E-state index contributed by atoms with van der Waals surface area (Å²) in [5, 5.41) is 7.74. The minimum absolute atomic E-state index is 0.171. The Hall–Kier alpha value is -2.34. The van der Waals surface area contributed by atoms with Crippen LogP contribution >= 0.6 is 11.8 Å². The van der Waals surface area contributed by atoms with Crippen molar-refractivity contribution in [1.82, 2.24) is 9.97 Å². The smallest absolute Gasteiger partial charge is 0.154 e. The van der Waals surface area contributed by atoms with Crippen molar-refractivity contribution in [1.29, 1.82) is 0 Å². The lowest BCUT2D eigenvalue weighted by Gasteiger charge is -2.37. The lowest BCUT2D eigenvalue weighted by Crippen LogP contribution is -2.30. The summed E-state index contributed by atoms with van der Waals surface area (Å²) >= 11 is 1.72. The van der Waals surface area contributed by atoms with Crippen LogP contribution in [0.5, 0.6) is 0 Å². The van der Waals surface area contributed by atoms with E-state index in [1.807, 2.05) is 7.05 Å². The quantitative estimate of drug-likeness (QED) is 0.704. The Labute approximate surface area is 171 Å². The molecule has 28 heavy (non-hydrogen) atoms. The number of nitrogens with one attached hydrogen (secondary N) is 2. The van der Waals surface area contributed by atoms with Crippen molar-refractivity contribution < 1.29 is 0 Å². The van der Waals surface area contributed by atoms with E-state index in [1.54, 1.807) is 18.1 Å². The fourth-order valence-electron chi connectivity index (χ4n) is 3.92. The minimum Gasteiger partial charge on any atom is -0.371 e. The van der Waals surface area contributed by atoms with Crippen molar-refractivity contribution in [3.8, 4) is 0 Å². The molecule has 0 saturated carbocycles. The van der Waals surface area contributed by atoms with Crippen LogP contribution in [0.15, 0.2) is 57.3 Å². The van der Waals surface area contributed by atoms with Gasteiger partial charge in [-0.3, -0.25) is 4.99 Å². The molecule has 1 aromatic heterocycles. The molecular formula is C22H27N5S. The van der Waals surface area contributed by atoms with Gasteiger partial charge in [0.25, 0.3) is 0 Å². The molecule has 146 valence electrons. The first-order valence-corrected chi connectivity index (χ1v) is 10.6. The zero-order valence-electron chi connectivity index (χ0n) is 16.9. The highest BCUT2D eigenvalue weighted by Crippen LogP contribution is 2.49. The van der Waals surface area contributed by atoms with Crippen molar-refractivity contribution in [2.45, 2.75) is 51.1 Å². The molecule has 1 atom stereocenters. The summed E-state index contributed by atoms with van der Waals surface area (Å²) in [6, 6.07) is 10.8. The first-order valence-electron chi connectivity index (χ1n) is 9.77. The van der Waals surface area contributed by atoms with Crippen LogP contribution in [0, 0.1) is 5.41 Å². The Morgan fingerprint density at radius 3 is 2.75 bits per heavy atom. The second-order valence-corrected chi connectivity index (χ2v) is 9.32. The molecule has 2 aromatic rings. The van der Waals surface area contributed by atoms with E-state index < -0.39 is 0 Å². The maximum Gasteiger partial charge on any atom is 0.154 e. The Balaban J connectivity index is 1.66. The molecule has 2 N–H and O–H groups in total. The van der Waals surface area contributed by atoms with Gasteiger partial charge in [-0.1, -0.05) is 55.9 Å². The Morgan fingerprint density at radius 2 is 2.00 bits per heavy atom. The summed E-state index contributed by atoms with van der Waals surface area (Å²) in [6.45, 7) is 6.84. The number of aromatic nitrogens is 2. The zero-order valence-corrected chi connectivity index (χ0v) is 17.7. The fraction of sp³-hybridized carbons (Fsp3) is 0.409. The van der Waals surface area contributed by atoms with Crippen molar-refractivity contribution in [3.63, 3.8) is 0 Å². The lowest BCUT2D eigenvalue weighted by molar-refractivity contribution is 0.372. The van der Waals surface area contributed by atoms with Gasteiger partial charge >= 0.3 is 0 Å². The van der Waals surface area contributed by atoms with Crippen LogP contribution in [0.4, 0.5) is 11.5 Å². The number of allylic oxidation sites excluding steroid dienone is 2. The van der Waals surface area contributed by atoms with Crippen LogP contribution in [-0.2, 0) is 6.42 Å². The number of anilines is 2. The second kappa shape index (κ2) is 7.59. The predicted molar refractivity (Wildman–Crippen MR) is 118 cm³/mol. The predicted octanol–water partition coefficient (Wildman–Crippen LogP) is 5.14. The van der Waals surface area contributed by atoms with Gasteiger partial charge in [0.2, 0.25) is 0 Å². The van der Waals surface area contributed by atoms with E-state index in [4.69, 9.17) is 4.99 Å². The Morgan fingerprint density at radius 1 is 1.21 bits per heavy atom. The average Bonchev–Trinajstić information content (AvgIpc) is 2.66. The topological polar surface area (TPSA) is 62.2 Å². The van der Waals surface area contributed by atoms with Crippen molar-refractivity contribution in [2.24, 2.45) is 10.4 Å². The number of hydrogen-bond acceptors (Lipinski definition) is 6. The van der Waals surface area contributed by atoms with Crippen LogP contribution in [0.25, 0.3) is 0 Å². The number of thioether (sulfide) groups is 1. The third kappa shape index (κ3) is 3.92. The van der Waals surface area contributed by atoms with E-state index in [2.05, 4.69) is 71.7 Å². The van der Waals surface area contributed by atoms with Gasteiger partial charge in [-0.25, -0.2) is 9.97 Å². The van der Waals surface area contributed by atoms with E-state index in [1.165, 1.54) is 21.9 Å². The second-order valence-electron chi connectivity index (χ2n) is 8.32. The van der Waals surface area contributed by atoms with Crippen LogP contribution in [0.3, 0.4) is 0 Å². The molecule has 5 nitrogen and oxygen atoms in total. The summed E-state index contributed by atoms with van der Waals surface area (Å²) in [4.78, 5) is 15.3. The molecule has 2 aliphatic rings. The number of benzene rings is 1. The zero-order chi connectivity index (χ0) is 19.7. The molecule has 0 saturated heterocycles. The van der Waals surface area contributed by atoms with Crippen LogP contribution in [0.2, 0.25) is 0 Å². The van der Waals surface area contributed by atoms with Crippen molar-refractivity contribution >= 4 is 29.0 Å². The number of hydrogen-bond donors (Lipinski definition) is 2. The van der Waals surface area contributed by atoms with Crippen LogP contribution < -0.4 is 10.6 Å². The lowest BCUT2D eigenvalue weighted by atomic mass is 9.78. The Kier molecular flexibility index (Phi) is 5.15. The maximum absolute atomic E-state index is 5.17. The van der Waals surface area contributed by atoms with E-state index >= 15 is 0 Å². The third-order valence-electron chi connectivity index (χ3n) is 5.11. The van der Waals surface area contributed by atoms with E-state index in [0.717, 1.165) is 35.8 Å². The summed E-state index contributed by atoms with van der Waals surface area (Å²) in [5.41, 5.74) is 4.91. The van der Waals surface area contributed by atoms with Crippen molar-refractivity contribution in [2.75, 3.05) is 17.7 Å². The normalized spacial score (nSPS) is 20.2. The SMILES string of the molecule is CNc1ncnc2c1NC1=C(S2)C(=N[C@@H](C)Cc2ccccc2)CC(C)(C)C1. The van der Waals surface area contributed by atoms with Gasteiger partial charge in [0, 0.05) is 12.7 Å². The highest BCUT2D eigenvalue weighted by atomic mass is 32.2. The Bertz CT molecular complexity index is 933. The number of nitrogens with zero attached hydrogens (tertiary/aromatic N) is 3. The molecular weight excluding hydrogens is 366 g/mol. The standard InChI is InChI=1S/C22H27N5S/c1-14(10-15-8-6-5-7-9-15)26-16-11-22(2,3)12-17-19(16)28-21-18(27-17)20(23-4)24-13-25-21/h5-9,13-14,27H,10-12H2,1-4H3,(H,23,24,25)/t14-/m0/s1. The van der Waals surface area contributed by atoms with Gasteiger partial charge < -0.3 is 10.6 Å². The van der Waals surface area contributed by atoms with E-state index in [-0.39, 0.29) is 11.5 Å². The number of rotatable bonds is 4. The van der Waals surface area contributed by atoms with E-state index in [0.29, 0.717) is 0 Å². The molecule has 0 amide bonds. The highest BCUT2D eigenvalue weighted by molar-refractivity contribution is 8.04. The fourth-order valence-corrected chi connectivity index (χ4v) is 4.95. The summed E-state index contributed by atoms with van der Waals surface area (Å²) < 4.78 is 0. The highest BCUT2D eigenvalue weighted by Gasteiger charge is 2.36. The molecule has 0 bridgehead atoms. The molecule has 1 aromatic carbocycles. The number of fused-ring (bicyclic) bond motifs is 1. The summed E-state index contributed by atoms with van der Waals surface area (Å²) in [5.74, 6) is 0.836. The van der Waals surface area contributed by atoms with Gasteiger partial charge in [0.05, 0.1) is 16.7 Å². The minimum atomic E-state index is 0.171. The summed E-state index contributed by atoms with van der Waals surface area (Å²) in [6.07, 6.45) is 4.55. The molecule has 1 aliphatic heterocycles. The first kappa shape index (κ1) is 19.0. The number of aliphatic imine (C=N–C) groups is 1. The van der Waals surface area contributed by atoms with Crippen LogP contribution in [0.1, 0.15) is 39.2 Å². The van der Waals surface area contributed by atoms with Gasteiger partial charge in [-0.2, -0.15) is 0 Å². The monoisotopic (exact) mass is 393 g/mol. The van der Waals surface area contributed by atoms with Crippen LogP contribution in [-0.4, -0.2) is 28.8 Å². The largest absolute Gasteiger partial charge is 0.371 e. The first-order chi connectivity index (χ1) is 13.4. The van der Waals surface area contributed by atoms with Crippen molar-refractivity contribution in [3.05, 3.63) is 52.8 Å². The molecule has 0 radical (unpaired) electrons. The van der Waals surface area contributed by atoms with Gasteiger partial charge in [-0.05, 0) is 37.2 Å². The van der Waals surface area contributed by atoms with Gasteiger partial charge in [0.1, 0.15) is 17.0 Å². The van der Waals surface area contributed by atoms with Gasteiger partial charge in [0.15, 0.2) is 5.82 Å².